The summed E-state index contributed by atoms with van der Waals surface area (Å²) in [6.07, 6.45) is -10.3. The van der Waals surface area contributed by atoms with E-state index in [1.54, 1.807) is 6.92 Å². The summed E-state index contributed by atoms with van der Waals surface area (Å²) in [5, 5.41) is 10.1. The maximum absolute atomic E-state index is 13.6. The smallest absolute Gasteiger partial charge is 0.393 e. The SMILES string of the molecule is Cc1cc(F)ccc1[C@@H]1C[C@@H](O)CCN1C(=O)N(C)Cc1cc(C(F)(F)F)cc(C(F)(F)F)c1. The maximum atomic E-state index is 13.6. The van der Waals surface area contributed by atoms with Crippen molar-refractivity contribution in [2.75, 3.05) is 13.6 Å². The summed E-state index contributed by atoms with van der Waals surface area (Å²) >= 11 is 0. The molecule has 1 saturated heterocycles. The van der Waals surface area contributed by atoms with Gasteiger partial charge >= 0.3 is 18.4 Å². The summed E-state index contributed by atoms with van der Waals surface area (Å²) in [6, 6.07) is 3.93. The molecular weight excluding hydrogens is 469 g/mol. The number of piperidine rings is 1. The van der Waals surface area contributed by atoms with Crippen molar-refractivity contribution < 1.29 is 40.6 Å². The molecule has 11 heteroatoms. The lowest BCUT2D eigenvalue weighted by molar-refractivity contribution is -0.143. The van der Waals surface area contributed by atoms with Crippen LogP contribution in [0, 0.1) is 12.7 Å². The first-order chi connectivity index (χ1) is 15.7. The minimum absolute atomic E-state index is 0.0324. The minimum atomic E-state index is -4.99. The average molecular weight is 492 g/mol. The Morgan fingerprint density at radius 1 is 1.06 bits per heavy atom. The van der Waals surface area contributed by atoms with Crippen LogP contribution >= 0.6 is 0 Å². The monoisotopic (exact) mass is 492 g/mol. The van der Waals surface area contributed by atoms with E-state index in [2.05, 4.69) is 0 Å². The van der Waals surface area contributed by atoms with Crippen LogP contribution in [0.3, 0.4) is 0 Å². The van der Waals surface area contributed by atoms with E-state index in [0.717, 1.165) is 4.90 Å². The molecule has 0 bridgehead atoms. The van der Waals surface area contributed by atoms with Gasteiger partial charge in [-0.2, -0.15) is 26.3 Å². The number of aryl methyl sites for hydroxylation is 1. The Kier molecular flexibility index (Phi) is 7.16. The number of benzene rings is 2. The number of amides is 2. The lowest BCUT2D eigenvalue weighted by atomic mass is 9.91. The summed E-state index contributed by atoms with van der Waals surface area (Å²) in [6.45, 7) is 1.26. The molecule has 2 aromatic carbocycles. The predicted octanol–water partition coefficient (Wildman–Crippen LogP) is 5.92. The molecule has 1 fully saturated rings. The summed E-state index contributed by atoms with van der Waals surface area (Å²) in [4.78, 5) is 15.6. The molecule has 0 aromatic heterocycles. The highest BCUT2D eigenvalue weighted by molar-refractivity contribution is 5.75. The van der Waals surface area contributed by atoms with Crippen molar-refractivity contribution in [2.24, 2.45) is 0 Å². The van der Waals surface area contributed by atoms with E-state index in [9.17, 15) is 40.6 Å². The molecule has 1 heterocycles. The average Bonchev–Trinajstić information content (AvgIpc) is 2.71. The zero-order valence-corrected chi connectivity index (χ0v) is 18.3. The van der Waals surface area contributed by atoms with Gasteiger partial charge < -0.3 is 14.9 Å². The van der Waals surface area contributed by atoms with Crippen molar-refractivity contribution in [3.8, 4) is 0 Å². The minimum Gasteiger partial charge on any atom is -0.393 e. The number of rotatable bonds is 3. The molecule has 0 unspecified atom stereocenters. The van der Waals surface area contributed by atoms with Crippen LogP contribution in [0.4, 0.5) is 35.5 Å². The molecule has 1 aliphatic rings. The van der Waals surface area contributed by atoms with Gasteiger partial charge in [0.1, 0.15) is 5.82 Å². The topological polar surface area (TPSA) is 43.8 Å². The van der Waals surface area contributed by atoms with Crippen molar-refractivity contribution in [3.63, 3.8) is 0 Å². The molecule has 2 aromatic rings. The molecule has 0 radical (unpaired) electrons. The van der Waals surface area contributed by atoms with E-state index < -0.39 is 54.0 Å². The van der Waals surface area contributed by atoms with Crippen molar-refractivity contribution in [1.82, 2.24) is 9.80 Å². The first-order valence-electron chi connectivity index (χ1n) is 10.4. The number of aliphatic hydroxyl groups excluding tert-OH is 1. The van der Waals surface area contributed by atoms with E-state index in [4.69, 9.17) is 0 Å². The number of carbonyl (C=O) groups is 1. The van der Waals surface area contributed by atoms with Gasteiger partial charge in [-0.25, -0.2) is 9.18 Å². The van der Waals surface area contributed by atoms with Crippen molar-refractivity contribution >= 4 is 6.03 Å². The van der Waals surface area contributed by atoms with Crippen molar-refractivity contribution in [1.29, 1.82) is 0 Å². The molecular formula is C23H23F7N2O2. The van der Waals surface area contributed by atoms with Crippen LogP contribution in [0.1, 0.15) is 46.7 Å². The molecule has 0 saturated carbocycles. The Balaban J connectivity index is 1.89. The van der Waals surface area contributed by atoms with E-state index in [1.807, 2.05) is 0 Å². The Morgan fingerprint density at radius 2 is 1.65 bits per heavy atom. The lowest BCUT2D eigenvalue weighted by Gasteiger charge is -2.40. The Morgan fingerprint density at radius 3 is 2.18 bits per heavy atom. The molecule has 34 heavy (non-hydrogen) atoms. The second-order valence-corrected chi connectivity index (χ2v) is 8.44. The second kappa shape index (κ2) is 9.44. The molecule has 186 valence electrons. The maximum Gasteiger partial charge on any atom is 0.416 e. The van der Waals surface area contributed by atoms with E-state index in [0.29, 0.717) is 23.3 Å². The molecule has 1 aliphatic heterocycles. The number of likely N-dealkylation sites (tertiary alicyclic amines) is 1. The van der Waals surface area contributed by atoms with Crippen LogP contribution in [0.15, 0.2) is 36.4 Å². The Bertz CT molecular complexity index is 1020. The highest BCUT2D eigenvalue weighted by Gasteiger charge is 2.38. The van der Waals surface area contributed by atoms with Gasteiger partial charge in [0.2, 0.25) is 0 Å². The fourth-order valence-electron chi connectivity index (χ4n) is 4.15. The lowest BCUT2D eigenvalue weighted by Crippen LogP contribution is -2.47. The number of hydrogen-bond acceptors (Lipinski definition) is 2. The van der Waals surface area contributed by atoms with E-state index >= 15 is 0 Å². The van der Waals surface area contributed by atoms with Gasteiger partial charge in [-0.05, 0) is 66.8 Å². The fraction of sp³-hybridized carbons (Fsp3) is 0.435. The standard InChI is InChI=1S/C23H23F7N2O2/c1-13-7-17(24)3-4-19(13)20-11-18(33)5-6-32(20)21(34)31(2)12-14-8-15(22(25,26)27)10-16(9-14)23(28,29)30/h3-4,7-10,18,20,33H,5-6,11-12H2,1-2H3/t18-,20-/m0/s1. The van der Waals surface area contributed by atoms with Crippen LogP contribution in [-0.4, -0.2) is 40.6 Å². The van der Waals surface area contributed by atoms with Crippen LogP contribution in [0.5, 0.6) is 0 Å². The van der Waals surface area contributed by atoms with E-state index in [-0.39, 0.29) is 31.0 Å². The van der Waals surface area contributed by atoms with Gasteiger partial charge in [-0.15, -0.1) is 0 Å². The quantitative estimate of drug-likeness (QED) is 0.541. The van der Waals surface area contributed by atoms with E-state index in [1.165, 1.54) is 30.1 Å². The summed E-state index contributed by atoms with van der Waals surface area (Å²) < 4.78 is 92.5. The third-order valence-electron chi connectivity index (χ3n) is 5.81. The van der Waals surface area contributed by atoms with Gasteiger partial charge in [0.05, 0.1) is 23.3 Å². The van der Waals surface area contributed by atoms with Gasteiger partial charge in [0, 0.05) is 20.1 Å². The van der Waals surface area contributed by atoms with Crippen molar-refractivity contribution in [3.05, 3.63) is 70.0 Å². The third-order valence-corrected chi connectivity index (χ3v) is 5.81. The summed E-state index contributed by atoms with van der Waals surface area (Å²) in [7, 11) is 1.27. The van der Waals surface area contributed by atoms with Crippen molar-refractivity contribution in [2.45, 2.75) is 50.8 Å². The Labute approximate surface area is 191 Å². The number of alkyl halides is 6. The van der Waals surface area contributed by atoms with Crippen LogP contribution in [-0.2, 0) is 18.9 Å². The third kappa shape index (κ3) is 5.81. The first kappa shape index (κ1) is 25.8. The fourth-order valence-corrected chi connectivity index (χ4v) is 4.15. The van der Waals surface area contributed by atoms with Crippen LogP contribution in [0.2, 0.25) is 0 Å². The van der Waals surface area contributed by atoms with Gasteiger partial charge in [0.25, 0.3) is 0 Å². The van der Waals surface area contributed by atoms with Gasteiger partial charge in [-0.1, -0.05) is 6.07 Å². The molecule has 3 rings (SSSR count). The second-order valence-electron chi connectivity index (χ2n) is 8.44. The number of carbonyl (C=O) groups excluding carboxylic acids is 1. The van der Waals surface area contributed by atoms with Crippen LogP contribution < -0.4 is 0 Å². The summed E-state index contributed by atoms with van der Waals surface area (Å²) in [5.41, 5.74) is -2.10. The molecule has 2 amide bonds. The predicted molar refractivity (Wildman–Crippen MR) is 109 cm³/mol. The molecule has 4 nitrogen and oxygen atoms in total. The van der Waals surface area contributed by atoms with Gasteiger partial charge in [-0.3, -0.25) is 0 Å². The molecule has 1 N–H and O–H groups in total. The number of halogens is 7. The van der Waals surface area contributed by atoms with Crippen LogP contribution in [0.25, 0.3) is 0 Å². The summed E-state index contributed by atoms with van der Waals surface area (Å²) in [5.74, 6) is -0.474. The number of hydrogen-bond donors (Lipinski definition) is 1. The normalized spacial score (nSPS) is 19.3. The number of urea groups is 1. The van der Waals surface area contributed by atoms with Gasteiger partial charge in [0.15, 0.2) is 0 Å². The Hall–Kier alpha value is -2.82. The highest BCUT2D eigenvalue weighted by Crippen LogP contribution is 2.37. The highest BCUT2D eigenvalue weighted by atomic mass is 19.4. The number of nitrogens with zero attached hydrogens (tertiary/aromatic N) is 2. The first-order valence-corrected chi connectivity index (χ1v) is 10.4. The number of aliphatic hydroxyl groups is 1. The zero-order chi connectivity index (χ0) is 25.4. The zero-order valence-electron chi connectivity index (χ0n) is 18.3. The molecule has 2 atom stereocenters. The molecule has 0 spiro atoms. The molecule has 0 aliphatic carbocycles. The largest absolute Gasteiger partial charge is 0.416 e.